The fourth-order valence-electron chi connectivity index (χ4n) is 5.00. The molecule has 0 saturated carbocycles. The molecule has 180 valence electrons. The molecule has 1 aliphatic heterocycles. The predicted molar refractivity (Wildman–Crippen MR) is 132 cm³/mol. The summed E-state index contributed by atoms with van der Waals surface area (Å²) in [5.74, 6) is 2.70. The first-order chi connectivity index (χ1) is 15.9. The molecule has 1 heterocycles. The van der Waals surface area contributed by atoms with Crippen molar-refractivity contribution in [1.82, 2.24) is 4.90 Å². The van der Waals surface area contributed by atoms with Crippen molar-refractivity contribution in [3.05, 3.63) is 59.7 Å². The summed E-state index contributed by atoms with van der Waals surface area (Å²) >= 11 is 0. The molecule has 5 nitrogen and oxygen atoms in total. The number of amides is 1. The Labute approximate surface area is 199 Å². The van der Waals surface area contributed by atoms with Gasteiger partial charge in [-0.15, -0.1) is 0 Å². The van der Waals surface area contributed by atoms with Crippen LogP contribution in [0.2, 0.25) is 0 Å². The average molecular weight is 454 g/mol. The van der Waals surface area contributed by atoms with Crippen LogP contribution in [0, 0.1) is 5.92 Å². The van der Waals surface area contributed by atoms with E-state index in [0.717, 1.165) is 42.9 Å². The van der Waals surface area contributed by atoms with Gasteiger partial charge in [0.25, 0.3) is 0 Å². The lowest BCUT2D eigenvalue weighted by atomic mass is 9.75. The first kappa shape index (κ1) is 25.1. The number of para-hydroxylation sites is 1. The first-order valence-corrected chi connectivity index (χ1v) is 12.0. The molecule has 1 aliphatic rings. The van der Waals surface area contributed by atoms with Crippen molar-refractivity contribution in [2.45, 2.75) is 64.5 Å². The van der Waals surface area contributed by atoms with Crippen LogP contribution in [0.1, 0.15) is 63.5 Å². The van der Waals surface area contributed by atoms with Crippen molar-refractivity contribution in [3.63, 3.8) is 0 Å². The molecule has 2 atom stereocenters. The van der Waals surface area contributed by atoms with Gasteiger partial charge in [-0.3, -0.25) is 4.79 Å². The molecule has 0 spiro atoms. The molecule has 2 aromatic carbocycles. The molecule has 5 heteroatoms. The minimum atomic E-state index is -0.134. The molecule has 0 radical (unpaired) electrons. The maximum absolute atomic E-state index is 12.8. The number of rotatable bonds is 10. The zero-order valence-corrected chi connectivity index (χ0v) is 20.8. The van der Waals surface area contributed by atoms with Gasteiger partial charge in [-0.25, -0.2) is 0 Å². The van der Waals surface area contributed by atoms with Crippen molar-refractivity contribution < 1.29 is 19.0 Å². The fraction of sp³-hybridized carbons (Fsp3) is 0.536. The third-order valence-corrected chi connectivity index (χ3v) is 6.74. The second-order valence-corrected chi connectivity index (χ2v) is 9.52. The van der Waals surface area contributed by atoms with Gasteiger partial charge in [0, 0.05) is 26.1 Å². The number of carbonyl (C=O) groups is 1. The molecular formula is C28H39NO4. The highest BCUT2D eigenvalue weighted by molar-refractivity contribution is 5.75. The highest BCUT2D eigenvalue weighted by Crippen LogP contribution is 2.42. The molecule has 33 heavy (non-hydrogen) atoms. The molecule has 1 fully saturated rings. The molecule has 2 aromatic rings. The minimum absolute atomic E-state index is 0.134. The van der Waals surface area contributed by atoms with Crippen LogP contribution in [0.15, 0.2) is 48.5 Å². The van der Waals surface area contributed by atoms with Gasteiger partial charge in [-0.2, -0.15) is 0 Å². The van der Waals surface area contributed by atoms with E-state index in [4.69, 9.17) is 14.2 Å². The summed E-state index contributed by atoms with van der Waals surface area (Å²) in [5, 5.41) is 0. The Bertz CT molecular complexity index is 893. The normalized spacial score (nSPS) is 18.4. The van der Waals surface area contributed by atoms with Crippen LogP contribution in [0.3, 0.4) is 0 Å². The molecular weight excluding hydrogens is 414 g/mol. The van der Waals surface area contributed by atoms with E-state index in [1.165, 1.54) is 5.56 Å². The molecule has 0 bridgehead atoms. The Balaban J connectivity index is 1.82. The third-order valence-electron chi connectivity index (χ3n) is 6.74. The van der Waals surface area contributed by atoms with Crippen LogP contribution < -0.4 is 9.47 Å². The molecule has 0 aromatic heterocycles. The summed E-state index contributed by atoms with van der Waals surface area (Å²) in [6, 6.07) is 16.3. The monoisotopic (exact) mass is 453 g/mol. The highest BCUT2D eigenvalue weighted by Gasteiger charge is 2.35. The van der Waals surface area contributed by atoms with E-state index in [1.807, 2.05) is 48.2 Å². The number of hydrogen-bond donors (Lipinski definition) is 0. The highest BCUT2D eigenvalue weighted by atomic mass is 16.5. The lowest BCUT2D eigenvalue weighted by molar-refractivity contribution is -0.131. The summed E-state index contributed by atoms with van der Waals surface area (Å²) < 4.78 is 17.0. The predicted octanol–water partition coefficient (Wildman–Crippen LogP) is 5.82. The number of benzene rings is 2. The quantitative estimate of drug-likeness (QED) is 0.455. The summed E-state index contributed by atoms with van der Waals surface area (Å²) in [4.78, 5) is 14.8. The standard InChI is InChI=1S/C28H39NO4/c1-6-27(30)29(20-21-11-13-23(31-4)14-12-21)17-15-24(22-16-18-33-28(2,3)19-22)25-9-7-8-10-26(25)32-5/h7-14,22,24H,6,15-20H2,1-5H3/t22-,24+/m0/s1. The van der Waals surface area contributed by atoms with Gasteiger partial charge in [0.1, 0.15) is 11.5 Å². The van der Waals surface area contributed by atoms with Gasteiger partial charge in [-0.1, -0.05) is 37.3 Å². The van der Waals surface area contributed by atoms with E-state index < -0.39 is 0 Å². The molecule has 3 rings (SSSR count). The average Bonchev–Trinajstić information content (AvgIpc) is 2.83. The summed E-state index contributed by atoms with van der Waals surface area (Å²) in [5.41, 5.74) is 2.21. The first-order valence-electron chi connectivity index (χ1n) is 12.0. The van der Waals surface area contributed by atoms with E-state index in [0.29, 0.717) is 31.3 Å². The second kappa shape index (κ2) is 11.6. The van der Waals surface area contributed by atoms with E-state index >= 15 is 0 Å². The van der Waals surface area contributed by atoms with Crippen LogP contribution in [-0.4, -0.2) is 43.8 Å². The maximum Gasteiger partial charge on any atom is 0.222 e. The SMILES string of the molecule is CCC(=O)N(CC[C@@H](c1ccccc1OC)[C@H]1CCOC(C)(C)C1)Cc1ccc(OC)cc1. The molecule has 1 saturated heterocycles. The summed E-state index contributed by atoms with van der Waals surface area (Å²) in [6.07, 6.45) is 3.41. The zero-order valence-electron chi connectivity index (χ0n) is 20.8. The van der Waals surface area contributed by atoms with E-state index in [1.54, 1.807) is 14.2 Å². The summed E-state index contributed by atoms with van der Waals surface area (Å²) in [6.45, 7) is 8.37. The Kier molecular flexibility index (Phi) is 8.79. The van der Waals surface area contributed by atoms with E-state index in [2.05, 4.69) is 26.0 Å². The topological polar surface area (TPSA) is 48.0 Å². The van der Waals surface area contributed by atoms with Gasteiger partial charge in [0.05, 0.1) is 19.8 Å². The van der Waals surface area contributed by atoms with Gasteiger partial charge in [0.15, 0.2) is 0 Å². The largest absolute Gasteiger partial charge is 0.497 e. The van der Waals surface area contributed by atoms with Crippen molar-refractivity contribution >= 4 is 5.91 Å². The van der Waals surface area contributed by atoms with Gasteiger partial charge in [-0.05, 0) is 74.3 Å². The molecule has 1 amide bonds. The van der Waals surface area contributed by atoms with Crippen molar-refractivity contribution in [3.8, 4) is 11.5 Å². The fourth-order valence-corrected chi connectivity index (χ4v) is 5.00. The number of ether oxygens (including phenoxy) is 3. The third kappa shape index (κ3) is 6.73. The summed E-state index contributed by atoms with van der Waals surface area (Å²) in [7, 11) is 3.40. The smallest absolute Gasteiger partial charge is 0.222 e. The van der Waals surface area contributed by atoms with E-state index in [-0.39, 0.29) is 11.5 Å². The van der Waals surface area contributed by atoms with Crippen LogP contribution in [0.25, 0.3) is 0 Å². The van der Waals surface area contributed by atoms with Crippen molar-refractivity contribution in [1.29, 1.82) is 0 Å². The van der Waals surface area contributed by atoms with Gasteiger partial charge in [0.2, 0.25) is 5.91 Å². The maximum atomic E-state index is 12.8. The van der Waals surface area contributed by atoms with Crippen molar-refractivity contribution in [2.24, 2.45) is 5.92 Å². The molecule has 0 N–H and O–H groups in total. The number of carbonyl (C=O) groups excluding carboxylic acids is 1. The Morgan fingerprint density at radius 2 is 1.85 bits per heavy atom. The number of hydrogen-bond acceptors (Lipinski definition) is 4. The molecule has 0 aliphatic carbocycles. The Hall–Kier alpha value is -2.53. The number of nitrogens with zero attached hydrogens (tertiary/aromatic N) is 1. The lowest BCUT2D eigenvalue weighted by Crippen LogP contribution is -2.38. The number of methoxy groups -OCH3 is 2. The van der Waals surface area contributed by atoms with Crippen molar-refractivity contribution in [2.75, 3.05) is 27.4 Å². The zero-order chi connectivity index (χ0) is 23.8. The van der Waals surface area contributed by atoms with Gasteiger partial charge < -0.3 is 19.1 Å². The Morgan fingerprint density at radius 1 is 1.12 bits per heavy atom. The molecule has 0 unspecified atom stereocenters. The van der Waals surface area contributed by atoms with Crippen LogP contribution in [-0.2, 0) is 16.1 Å². The van der Waals surface area contributed by atoms with Crippen LogP contribution in [0.5, 0.6) is 11.5 Å². The van der Waals surface area contributed by atoms with Gasteiger partial charge >= 0.3 is 0 Å². The van der Waals surface area contributed by atoms with E-state index in [9.17, 15) is 4.79 Å². The second-order valence-electron chi connectivity index (χ2n) is 9.52. The van der Waals surface area contributed by atoms with Crippen LogP contribution >= 0.6 is 0 Å². The lowest BCUT2D eigenvalue weighted by Gasteiger charge is -2.40. The minimum Gasteiger partial charge on any atom is -0.497 e. The van der Waals surface area contributed by atoms with Crippen LogP contribution in [0.4, 0.5) is 0 Å². The Morgan fingerprint density at radius 3 is 2.48 bits per heavy atom.